The van der Waals surface area contributed by atoms with Crippen LogP contribution in [-0.4, -0.2) is 24.5 Å². The number of hydrogen-bond donors (Lipinski definition) is 0. The van der Waals surface area contributed by atoms with Crippen LogP contribution in [0.15, 0.2) is 63.0 Å². The number of aromatic nitrogens is 4. The highest BCUT2D eigenvalue weighted by atomic mass is 19.1. The molecule has 0 radical (unpaired) electrons. The second-order valence-corrected chi connectivity index (χ2v) is 8.28. The minimum absolute atomic E-state index is 0.0718. The maximum atomic E-state index is 13.5. The predicted octanol–water partition coefficient (Wildman–Crippen LogP) is 2.74. The normalized spacial score (nSPS) is 11.9. The highest BCUT2D eigenvalue weighted by Gasteiger charge is 2.25. The Morgan fingerprint density at radius 3 is 2.45 bits per heavy atom. The molecule has 4 aromatic rings. The molecule has 0 amide bonds. The lowest BCUT2D eigenvalue weighted by Gasteiger charge is -2.17. The second kappa shape index (κ2) is 7.50. The molecule has 0 spiro atoms. The number of benzene rings is 1. The second-order valence-electron chi connectivity index (χ2n) is 8.28. The molecule has 0 N–H and O–H groups in total. The molecule has 31 heavy (non-hydrogen) atoms. The number of halogens is 1. The fourth-order valence-electron chi connectivity index (χ4n) is 3.21. The molecule has 160 valence electrons. The largest absolute Gasteiger partial charge is 0.467 e. The topological polar surface area (TPSA) is 92.0 Å². The molecular formula is C22H21FN4O4. The van der Waals surface area contributed by atoms with Gasteiger partial charge in [-0.05, 0) is 36.4 Å². The highest BCUT2D eigenvalue weighted by molar-refractivity contribution is 5.85. The van der Waals surface area contributed by atoms with Crippen LogP contribution in [0.3, 0.4) is 0 Å². The van der Waals surface area contributed by atoms with Crippen LogP contribution in [-0.2, 0) is 17.9 Å². The van der Waals surface area contributed by atoms with Gasteiger partial charge in [0, 0.05) is 5.41 Å². The van der Waals surface area contributed by atoms with Crippen molar-refractivity contribution in [2.75, 3.05) is 0 Å². The van der Waals surface area contributed by atoms with Gasteiger partial charge >= 0.3 is 5.69 Å². The Labute approximate surface area is 176 Å². The zero-order valence-electron chi connectivity index (χ0n) is 17.3. The zero-order chi connectivity index (χ0) is 22.3. The van der Waals surface area contributed by atoms with Gasteiger partial charge in [0.15, 0.2) is 16.9 Å². The third-order valence-electron chi connectivity index (χ3n) is 5.03. The minimum Gasteiger partial charge on any atom is -0.467 e. The van der Waals surface area contributed by atoms with E-state index in [4.69, 9.17) is 4.42 Å². The van der Waals surface area contributed by atoms with Gasteiger partial charge in [-0.1, -0.05) is 20.8 Å². The first kappa shape index (κ1) is 20.5. The van der Waals surface area contributed by atoms with Crippen LogP contribution in [0.25, 0.3) is 16.9 Å². The molecule has 0 saturated carbocycles. The van der Waals surface area contributed by atoms with Crippen molar-refractivity contribution >= 4 is 16.9 Å². The molecule has 1 aromatic carbocycles. The SMILES string of the molecule is CC(C)(C)C(=O)Cn1cnc2c1c(=O)n(Cc1ccco1)c(=O)n2-c1ccc(F)cc1. The molecule has 3 aromatic heterocycles. The summed E-state index contributed by atoms with van der Waals surface area (Å²) in [4.78, 5) is 43.4. The molecule has 0 aliphatic carbocycles. The van der Waals surface area contributed by atoms with Gasteiger partial charge in [0.2, 0.25) is 0 Å². The third-order valence-corrected chi connectivity index (χ3v) is 5.03. The number of Topliss-reactive ketones (excluding diaryl/α,β-unsaturated/α-hetero) is 1. The first-order valence-corrected chi connectivity index (χ1v) is 9.69. The van der Waals surface area contributed by atoms with Crippen LogP contribution in [0.5, 0.6) is 0 Å². The van der Waals surface area contributed by atoms with Crippen LogP contribution < -0.4 is 11.2 Å². The molecule has 9 heteroatoms. The molecule has 0 atom stereocenters. The summed E-state index contributed by atoms with van der Waals surface area (Å²) in [7, 11) is 0. The van der Waals surface area contributed by atoms with E-state index in [1.165, 1.54) is 46.0 Å². The summed E-state index contributed by atoms with van der Waals surface area (Å²) in [6, 6.07) is 8.60. The fraction of sp³-hybridized carbons (Fsp3) is 0.273. The number of carbonyl (C=O) groups excluding carboxylic acids is 1. The quantitative estimate of drug-likeness (QED) is 0.491. The lowest BCUT2D eigenvalue weighted by Crippen LogP contribution is -2.40. The van der Waals surface area contributed by atoms with Crippen molar-refractivity contribution < 1.29 is 13.6 Å². The standard InChI is InChI=1S/C22H21FN4O4/c1-22(2,3)17(28)12-25-13-24-19-18(25)20(29)26(11-16-5-4-10-31-16)21(30)27(19)15-8-6-14(23)7-9-15/h4-10,13H,11-12H2,1-3H3. The van der Waals surface area contributed by atoms with Crippen molar-refractivity contribution in [3.05, 3.63) is 81.4 Å². The van der Waals surface area contributed by atoms with Gasteiger partial charge in [0.1, 0.15) is 11.6 Å². The predicted molar refractivity (Wildman–Crippen MR) is 112 cm³/mol. The summed E-state index contributed by atoms with van der Waals surface area (Å²) < 4.78 is 22.5. The zero-order valence-corrected chi connectivity index (χ0v) is 17.3. The smallest absolute Gasteiger partial charge is 0.337 e. The van der Waals surface area contributed by atoms with Crippen molar-refractivity contribution in [2.24, 2.45) is 5.41 Å². The molecule has 0 saturated heterocycles. The van der Waals surface area contributed by atoms with Crippen molar-refractivity contribution in [1.29, 1.82) is 0 Å². The number of ketones is 1. The Kier molecular flexibility index (Phi) is 4.96. The Balaban J connectivity index is 1.99. The number of furan rings is 1. The molecule has 0 aliphatic rings. The van der Waals surface area contributed by atoms with Crippen LogP contribution in [0, 0.1) is 11.2 Å². The van der Waals surface area contributed by atoms with Gasteiger partial charge < -0.3 is 8.98 Å². The van der Waals surface area contributed by atoms with Gasteiger partial charge in [0.05, 0.1) is 31.4 Å². The van der Waals surface area contributed by atoms with Crippen LogP contribution in [0.4, 0.5) is 4.39 Å². The van der Waals surface area contributed by atoms with Gasteiger partial charge in [-0.3, -0.25) is 14.2 Å². The first-order chi connectivity index (χ1) is 14.7. The molecule has 0 fully saturated rings. The Morgan fingerprint density at radius 2 is 1.84 bits per heavy atom. The van der Waals surface area contributed by atoms with E-state index in [1.807, 2.05) is 0 Å². The van der Waals surface area contributed by atoms with Crippen molar-refractivity contribution in [1.82, 2.24) is 18.7 Å². The number of fused-ring (bicyclic) bond motifs is 1. The van der Waals surface area contributed by atoms with Crippen LogP contribution in [0.2, 0.25) is 0 Å². The maximum absolute atomic E-state index is 13.5. The molecule has 0 aliphatic heterocycles. The van der Waals surface area contributed by atoms with Gasteiger partial charge in [-0.2, -0.15) is 0 Å². The number of carbonyl (C=O) groups is 1. The monoisotopic (exact) mass is 424 g/mol. The summed E-state index contributed by atoms with van der Waals surface area (Å²) in [5, 5.41) is 0. The van der Waals surface area contributed by atoms with E-state index < -0.39 is 22.5 Å². The molecule has 3 heterocycles. The molecule has 8 nitrogen and oxygen atoms in total. The van der Waals surface area contributed by atoms with E-state index in [9.17, 15) is 18.8 Å². The fourth-order valence-corrected chi connectivity index (χ4v) is 3.21. The van der Waals surface area contributed by atoms with Gasteiger partial charge in [-0.15, -0.1) is 0 Å². The Hall–Kier alpha value is -3.75. The number of hydrogen-bond acceptors (Lipinski definition) is 5. The van der Waals surface area contributed by atoms with Crippen LogP contribution in [0.1, 0.15) is 26.5 Å². The van der Waals surface area contributed by atoms with Gasteiger partial charge in [0.25, 0.3) is 5.56 Å². The first-order valence-electron chi connectivity index (χ1n) is 9.69. The van der Waals surface area contributed by atoms with Gasteiger partial charge in [-0.25, -0.2) is 18.7 Å². The number of rotatable bonds is 5. The lowest BCUT2D eigenvalue weighted by atomic mass is 9.91. The van der Waals surface area contributed by atoms with Crippen molar-refractivity contribution in [3.63, 3.8) is 0 Å². The molecule has 0 bridgehead atoms. The summed E-state index contributed by atoms with van der Waals surface area (Å²) in [5.74, 6) is -0.136. The number of imidazole rings is 1. The Bertz CT molecular complexity index is 1370. The van der Waals surface area contributed by atoms with Crippen molar-refractivity contribution in [2.45, 2.75) is 33.9 Å². The Morgan fingerprint density at radius 1 is 1.13 bits per heavy atom. The molecular weight excluding hydrogens is 403 g/mol. The third kappa shape index (κ3) is 3.74. The summed E-state index contributed by atoms with van der Waals surface area (Å²) >= 11 is 0. The highest BCUT2D eigenvalue weighted by Crippen LogP contribution is 2.18. The summed E-state index contributed by atoms with van der Waals surface area (Å²) in [5.41, 5.74) is -1.30. The van der Waals surface area contributed by atoms with E-state index in [1.54, 1.807) is 32.9 Å². The van der Waals surface area contributed by atoms with Crippen LogP contribution >= 0.6 is 0 Å². The lowest BCUT2D eigenvalue weighted by molar-refractivity contribution is -0.126. The molecule has 0 unspecified atom stereocenters. The summed E-state index contributed by atoms with van der Waals surface area (Å²) in [6.07, 6.45) is 2.82. The average molecular weight is 424 g/mol. The van der Waals surface area contributed by atoms with Crippen molar-refractivity contribution in [3.8, 4) is 5.69 Å². The number of nitrogens with zero attached hydrogens (tertiary/aromatic N) is 4. The van der Waals surface area contributed by atoms with E-state index in [-0.39, 0.29) is 30.0 Å². The minimum atomic E-state index is -0.645. The van der Waals surface area contributed by atoms with E-state index in [0.717, 1.165) is 4.57 Å². The maximum Gasteiger partial charge on any atom is 0.337 e. The van der Waals surface area contributed by atoms with E-state index >= 15 is 0 Å². The molecule has 4 rings (SSSR count). The van der Waals surface area contributed by atoms with E-state index in [2.05, 4.69) is 4.98 Å². The summed E-state index contributed by atoms with van der Waals surface area (Å²) in [6.45, 7) is 5.20. The van der Waals surface area contributed by atoms with E-state index in [0.29, 0.717) is 11.4 Å². The average Bonchev–Trinajstić information content (AvgIpc) is 3.36.